The van der Waals surface area contributed by atoms with Crippen LogP contribution in [0.15, 0.2) is 42.6 Å². The molecule has 5 atom stereocenters. The van der Waals surface area contributed by atoms with Crippen LogP contribution >= 0.6 is 0 Å². The van der Waals surface area contributed by atoms with Gasteiger partial charge in [0.15, 0.2) is 18.3 Å². The molecule has 14 heteroatoms. The number of hydrogen-bond acceptors (Lipinski definition) is 12. The summed E-state index contributed by atoms with van der Waals surface area (Å²) in [7, 11) is 0. The maximum Gasteiger partial charge on any atom is 0.303 e. The number of amides is 2. The molecule has 1 aromatic carbocycles. The van der Waals surface area contributed by atoms with Crippen molar-refractivity contribution in [2.45, 2.75) is 65.1 Å². The maximum absolute atomic E-state index is 12.2. The molecule has 0 radical (unpaired) electrons. The predicted molar refractivity (Wildman–Crippen MR) is 142 cm³/mol. The second-order valence-electron chi connectivity index (χ2n) is 9.31. The van der Waals surface area contributed by atoms with E-state index in [-0.39, 0.29) is 12.2 Å². The lowest BCUT2D eigenvalue weighted by atomic mass is 9.89. The van der Waals surface area contributed by atoms with Crippen molar-refractivity contribution in [3.63, 3.8) is 0 Å². The number of rotatable bonds is 8. The Hall–Kier alpha value is -4.85. The summed E-state index contributed by atoms with van der Waals surface area (Å²) in [4.78, 5) is 75.3. The lowest BCUT2D eigenvalue weighted by Crippen LogP contribution is -2.59. The Morgan fingerprint density at radius 1 is 0.786 bits per heavy atom. The highest BCUT2D eigenvalue weighted by molar-refractivity contribution is 5.95. The molecule has 2 heterocycles. The van der Waals surface area contributed by atoms with Crippen LogP contribution in [0.5, 0.6) is 0 Å². The third kappa shape index (κ3) is 8.57. The summed E-state index contributed by atoms with van der Waals surface area (Å²) in [5.74, 6) is -3.79. The molecule has 14 nitrogen and oxygen atoms in total. The molecule has 1 aromatic heterocycles. The van der Waals surface area contributed by atoms with E-state index in [1.165, 1.54) is 26.1 Å². The van der Waals surface area contributed by atoms with Crippen LogP contribution in [0, 0.1) is 0 Å². The quantitative estimate of drug-likeness (QED) is 0.258. The van der Waals surface area contributed by atoms with Crippen LogP contribution in [0.2, 0.25) is 0 Å². The molecule has 0 aliphatic carbocycles. The Morgan fingerprint density at radius 2 is 1.43 bits per heavy atom. The fourth-order valence-electron chi connectivity index (χ4n) is 4.29. The molecule has 1 aliphatic rings. The van der Waals surface area contributed by atoms with Gasteiger partial charge in [-0.3, -0.25) is 44.6 Å². The van der Waals surface area contributed by atoms with E-state index >= 15 is 0 Å². The molecule has 0 spiro atoms. The van der Waals surface area contributed by atoms with Crippen molar-refractivity contribution < 1.29 is 52.5 Å². The van der Waals surface area contributed by atoms with Crippen molar-refractivity contribution in [2.24, 2.45) is 0 Å². The summed E-state index contributed by atoms with van der Waals surface area (Å²) >= 11 is 0. The zero-order valence-corrected chi connectivity index (χ0v) is 23.6. The van der Waals surface area contributed by atoms with Gasteiger partial charge in [-0.2, -0.15) is 0 Å². The minimum absolute atomic E-state index is 0.197. The maximum atomic E-state index is 12.2. The molecule has 1 fully saturated rings. The van der Waals surface area contributed by atoms with Crippen LogP contribution in [0.1, 0.15) is 56.6 Å². The highest BCUT2D eigenvalue weighted by Gasteiger charge is 2.52. The van der Waals surface area contributed by atoms with Crippen LogP contribution in [-0.2, 0) is 47.7 Å². The van der Waals surface area contributed by atoms with Gasteiger partial charge in [-0.1, -0.05) is 18.2 Å². The number of carbonyl (C=O) groups excluding carboxylic acids is 6. The largest absolute Gasteiger partial charge is 0.463 e. The summed E-state index contributed by atoms with van der Waals surface area (Å²) in [5, 5.41) is 0. The van der Waals surface area contributed by atoms with E-state index in [0.717, 1.165) is 20.8 Å². The van der Waals surface area contributed by atoms with Crippen molar-refractivity contribution in [1.29, 1.82) is 0 Å². The number of nitrogens with one attached hydrogen (secondary N) is 2. The first-order chi connectivity index (χ1) is 19.8. The number of pyridine rings is 1. The number of aromatic nitrogens is 1. The molecule has 2 amide bonds. The number of ether oxygens (including phenoxy) is 5. The minimum atomic E-state index is -1.31. The van der Waals surface area contributed by atoms with E-state index in [1.807, 2.05) is 0 Å². The number of esters is 4. The highest BCUT2D eigenvalue weighted by Crippen LogP contribution is 2.38. The van der Waals surface area contributed by atoms with Gasteiger partial charge in [-0.25, -0.2) is 0 Å². The molecular formula is C28H31N3O11. The van der Waals surface area contributed by atoms with Gasteiger partial charge in [0.05, 0.1) is 11.3 Å². The van der Waals surface area contributed by atoms with Crippen LogP contribution in [-0.4, -0.2) is 71.7 Å². The van der Waals surface area contributed by atoms with Gasteiger partial charge in [0.2, 0.25) is 5.91 Å². The third-order valence-corrected chi connectivity index (χ3v) is 5.88. The molecule has 2 aromatic rings. The average Bonchev–Trinajstić information content (AvgIpc) is 2.92. The van der Waals surface area contributed by atoms with Crippen molar-refractivity contribution in [1.82, 2.24) is 15.8 Å². The van der Waals surface area contributed by atoms with Crippen LogP contribution in [0.4, 0.5) is 0 Å². The molecule has 0 saturated carbocycles. The third-order valence-electron chi connectivity index (χ3n) is 5.88. The molecule has 3 rings (SSSR count). The summed E-state index contributed by atoms with van der Waals surface area (Å²) in [6, 6.07) is 9.92. The van der Waals surface area contributed by atoms with E-state index in [1.54, 1.807) is 30.3 Å². The average molecular weight is 586 g/mol. The van der Waals surface area contributed by atoms with E-state index in [0.29, 0.717) is 16.8 Å². The highest BCUT2D eigenvalue weighted by atomic mass is 16.7. The van der Waals surface area contributed by atoms with Crippen LogP contribution in [0.25, 0.3) is 11.3 Å². The first-order valence-electron chi connectivity index (χ1n) is 12.8. The second kappa shape index (κ2) is 14.2. The number of benzene rings is 1. The lowest BCUT2D eigenvalue weighted by molar-refractivity contribution is -0.254. The summed E-state index contributed by atoms with van der Waals surface area (Å²) < 4.78 is 27.8. The van der Waals surface area contributed by atoms with Gasteiger partial charge in [-0.15, -0.1) is 0 Å². The fourth-order valence-corrected chi connectivity index (χ4v) is 4.29. The Bertz CT molecular complexity index is 1340. The van der Waals surface area contributed by atoms with Crippen molar-refractivity contribution in [2.75, 3.05) is 6.61 Å². The zero-order valence-electron chi connectivity index (χ0n) is 23.6. The predicted octanol–water partition coefficient (Wildman–Crippen LogP) is 1.33. The first-order valence-corrected chi connectivity index (χ1v) is 12.8. The van der Waals surface area contributed by atoms with E-state index < -0.39 is 66.2 Å². The minimum Gasteiger partial charge on any atom is -0.463 e. The summed E-state index contributed by atoms with van der Waals surface area (Å²) in [5.41, 5.74) is 6.18. The summed E-state index contributed by atoms with van der Waals surface area (Å²) in [6.07, 6.45) is -4.67. The summed E-state index contributed by atoms with van der Waals surface area (Å²) in [6.45, 7) is 5.55. The molecule has 0 unspecified atom stereocenters. The van der Waals surface area contributed by atoms with Gasteiger partial charge in [0.1, 0.15) is 18.8 Å². The molecule has 0 bridgehead atoms. The fraction of sp³-hybridized carbons (Fsp3) is 0.393. The number of nitrogens with zero attached hydrogens (tertiary/aromatic N) is 1. The van der Waals surface area contributed by atoms with Gasteiger partial charge in [0, 0.05) is 46.4 Å². The first kappa shape index (κ1) is 31.7. The Labute approximate surface area is 241 Å². The molecule has 224 valence electrons. The van der Waals surface area contributed by atoms with E-state index in [4.69, 9.17) is 23.7 Å². The van der Waals surface area contributed by atoms with Gasteiger partial charge < -0.3 is 23.7 Å². The molecular weight excluding hydrogens is 554 g/mol. The van der Waals surface area contributed by atoms with Crippen LogP contribution < -0.4 is 10.9 Å². The topological polar surface area (TPSA) is 186 Å². The Balaban J connectivity index is 2.00. The second-order valence-corrected chi connectivity index (χ2v) is 9.31. The van der Waals surface area contributed by atoms with Crippen molar-refractivity contribution in [3.8, 4) is 11.3 Å². The molecule has 1 aliphatic heterocycles. The normalized spacial score (nSPS) is 21.3. The lowest BCUT2D eigenvalue weighted by Gasteiger charge is -2.44. The number of hydrogen-bond donors (Lipinski definition) is 2. The van der Waals surface area contributed by atoms with Crippen LogP contribution in [0.3, 0.4) is 0 Å². The molecule has 2 N–H and O–H groups in total. The zero-order chi connectivity index (χ0) is 31.0. The monoisotopic (exact) mass is 585 g/mol. The Kier molecular flexibility index (Phi) is 10.7. The molecule has 42 heavy (non-hydrogen) atoms. The van der Waals surface area contributed by atoms with Gasteiger partial charge >= 0.3 is 23.9 Å². The van der Waals surface area contributed by atoms with E-state index in [9.17, 15) is 28.8 Å². The smallest absolute Gasteiger partial charge is 0.303 e. The van der Waals surface area contributed by atoms with Crippen molar-refractivity contribution in [3.05, 3.63) is 53.7 Å². The van der Waals surface area contributed by atoms with E-state index in [2.05, 4.69) is 15.8 Å². The van der Waals surface area contributed by atoms with Gasteiger partial charge in [-0.05, 0) is 23.8 Å². The Morgan fingerprint density at radius 3 is 2.00 bits per heavy atom. The standard InChI is InChI=1S/C28H31N3O11/c1-14(32)30-31-28(37)21-9-10-22(29-12-21)19-7-6-8-20(11-19)24-26(40-17(4)35)27(41-18(5)36)25(39-16(3)34)23(42-24)13-38-15(2)33/h6-12,23-27H,13H2,1-5H3,(H,30,32)(H,31,37)/t23-,24-,25-,26-,27+/m1/s1. The number of hydrazine groups is 1. The van der Waals surface area contributed by atoms with Gasteiger partial charge in [0.25, 0.3) is 5.91 Å². The SMILES string of the molecule is CC(=O)NNC(=O)c1ccc(-c2cccc([C@H]3O[C@H](COC(C)=O)[C@@H](OC(C)=O)[C@H](OC(C)=O)[C@@H]3OC(C)=O)c2)nc1. The number of carbonyl (C=O) groups is 6. The molecule has 1 saturated heterocycles. The van der Waals surface area contributed by atoms with Crippen molar-refractivity contribution >= 4 is 35.7 Å².